The number of allylic oxidation sites excluding steroid dienone is 2. The zero-order chi connectivity index (χ0) is 19.1. The van der Waals surface area contributed by atoms with Gasteiger partial charge in [-0.05, 0) is 47.5 Å². The number of phenolic OH excluding ortho intramolecular Hbond substituents is 2. The third kappa shape index (κ3) is 4.30. The minimum atomic E-state index is -0.0281. The fraction of sp³-hybridized carbons (Fsp3) is 0.100. The van der Waals surface area contributed by atoms with Crippen molar-refractivity contribution in [1.29, 1.82) is 0 Å². The standard InChI is InChI=1S/C20H18O6/c1-25-19-9-13(3-5-17(19)23)7-15(11-21)16(12-22)8-14-4-6-18(24)20(10-14)26-2/h3-12,23-24H,1-2H3/b15-7-,16-8-. The normalized spacial score (nSPS) is 11.8. The van der Waals surface area contributed by atoms with Gasteiger partial charge in [0, 0.05) is 11.1 Å². The summed E-state index contributed by atoms with van der Waals surface area (Å²) in [6, 6.07) is 9.14. The third-order valence-corrected chi connectivity index (χ3v) is 3.64. The maximum absolute atomic E-state index is 11.5. The van der Waals surface area contributed by atoms with E-state index in [0.717, 1.165) is 0 Å². The Morgan fingerprint density at radius 2 is 1.15 bits per heavy atom. The van der Waals surface area contributed by atoms with E-state index in [0.29, 0.717) is 23.7 Å². The van der Waals surface area contributed by atoms with Gasteiger partial charge < -0.3 is 19.7 Å². The molecule has 0 fully saturated rings. The summed E-state index contributed by atoms with van der Waals surface area (Å²) in [7, 11) is 2.83. The lowest BCUT2D eigenvalue weighted by Crippen LogP contribution is -1.94. The van der Waals surface area contributed by atoms with Gasteiger partial charge in [0.05, 0.1) is 14.2 Å². The van der Waals surface area contributed by atoms with Gasteiger partial charge in [0.15, 0.2) is 35.6 Å². The summed E-state index contributed by atoms with van der Waals surface area (Å²) in [5.74, 6) is 0.451. The molecule has 0 bridgehead atoms. The number of methoxy groups -OCH3 is 2. The van der Waals surface area contributed by atoms with E-state index in [1.807, 2.05) is 0 Å². The first kappa shape index (κ1) is 18.8. The van der Waals surface area contributed by atoms with Crippen LogP contribution in [0.4, 0.5) is 0 Å². The van der Waals surface area contributed by atoms with Gasteiger partial charge >= 0.3 is 0 Å². The van der Waals surface area contributed by atoms with Gasteiger partial charge in [0.2, 0.25) is 0 Å². The monoisotopic (exact) mass is 354 g/mol. The molecule has 0 spiro atoms. The molecule has 6 nitrogen and oxygen atoms in total. The molecule has 6 heteroatoms. The predicted molar refractivity (Wildman–Crippen MR) is 97.4 cm³/mol. The Morgan fingerprint density at radius 3 is 1.46 bits per heavy atom. The minimum absolute atomic E-state index is 0.0281. The second-order valence-corrected chi connectivity index (χ2v) is 5.30. The van der Waals surface area contributed by atoms with Gasteiger partial charge in [-0.25, -0.2) is 0 Å². The molecule has 2 aromatic rings. The van der Waals surface area contributed by atoms with Gasteiger partial charge in [-0.3, -0.25) is 9.59 Å². The Hall–Kier alpha value is -3.54. The largest absolute Gasteiger partial charge is 0.504 e. The fourth-order valence-electron chi connectivity index (χ4n) is 2.30. The zero-order valence-corrected chi connectivity index (χ0v) is 14.3. The summed E-state index contributed by atoms with van der Waals surface area (Å²) < 4.78 is 10.1. The van der Waals surface area contributed by atoms with E-state index in [4.69, 9.17) is 9.47 Å². The Kier molecular flexibility index (Phi) is 6.16. The Balaban J connectivity index is 2.45. The molecule has 26 heavy (non-hydrogen) atoms. The van der Waals surface area contributed by atoms with Crippen LogP contribution in [0.1, 0.15) is 11.1 Å². The summed E-state index contributed by atoms with van der Waals surface area (Å²) in [4.78, 5) is 23.0. The van der Waals surface area contributed by atoms with Crippen molar-refractivity contribution in [2.24, 2.45) is 0 Å². The van der Waals surface area contributed by atoms with E-state index in [1.165, 1.54) is 38.5 Å². The number of aldehydes is 2. The van der Waals surface area contributed by atoms with Crippen molar-refractivity contribution >= 4 is 24.7 Å². The minimum Gasteiger partial charge on any atom is -0.504 e. The molecule has 134 valence electrons. The highest BCUT2D eigenvalue weighted by molar-refractivity contribution is 6.02. The predicted octanol–water partition coefficient (Wildman–Crippen LogP) is 2.98. The zero-order valence-electron chi connectivity index (χ0n) is 14.3. The highest BCUT2D eigenvalue weighted by Crippen LogP contribution is 2.29. The molecule has 0 saturated heterocycles. The number of hydrogen-bond donors (Lipinski definition) is 2. The lowest BCUT2D eigenvalue weighted by molar-refractivity contribution is -0.107. The van der Waals surface area contributed by atoms with Crippen LogP contribution >= 0.6 is 0 Å². The van der Waals surface area contributed by atoms with Crippen molar-refractivity contribution in [1.82, 2.24) is 0 Å². The number of hydrogen-bond acceptors (Lipinski definition) is 6. The number of rotatable bonds is 7. The molecule has 0 aliphatic heterocycles. The highest BCUT2D eigenvalue weighted by Gasteiger charge is 2.08. The lowest BCUT2D eigenvalue weighted by Gasteiger charge is -2.06. The average Bonchev–Trinajstić information content (AvgIpc) is 2.66. The number of aromatic hydroxyl groups is 2. The molecule has 0 radical (unpaired) electrons. The molecule has 0 aliphatic rings. The van der Waals surface area contributed by atoms with E-state index in [1.54, 1.807) is 24.3 Å². The number of carbonyl (C=O) groups is 2. The van der Waals surface area contributed by atoms with Crippen molar-refractivity contribution in [3.05, 3.63) is 58.7 Å². The van der Waals surface area contributed by atoms with Crippen LogP contribution in [-0.4, -0.2) is 37.0 Å². The molecule has 0 saturated carbocycles. The average molecular weight is 354 g/mol. The van der Waals surface area contributed by atoms with E-state index < -0.39 is 0 Å². The quantitative estimate of drug-likeness (QED) is 0.451. The van der Waals surface area contributed by atoms with Gasteiger partial charge in [-0.2, -0.15) is 0 Å². The fourth-order valence-corrected chi connectivity index (χ4v) is 2.30. The van der Waals surface area contributed by atoms with Gasteiger partial charge in [-0.15, -0.1) is 0 Å². The van der Waals surface area contributed by atoms with Gasteiger partial charge in [0.1, 0.15) is 0 Å². The van der Waals surface area contributed by atoms with Crippen LogP contribution in [0.3, 0.4) is 0 Å². The summed E-state index contributed by atoms with van der Waals surface area (Å²) in [6.07, 6.45) is 4.15. The van der Waals surface area contributed by atoms with Crippen molar-refractivity contribution in [2.45, 2.75) is 0 Å². The van der Waals surface area contributed by atoms with Gasteiger partial charge in [-0.1, -0.05) is 12.1 Å². The SMILES string of the molecule is COc1cc(/C=C(C=O)\C(C=O)=C/c2ccc(O)c(OC)c2)ccc1O. The number of ether oxygens (including phenoxy) is 2. The summed E-state index contributed by atoms with van der Waals surface area (Å²) in [5, 5.41) is 19.3. The van der Waals surface area contributed by atoms with Crippen LogP contribution in [0.25, 0.3) is 12.2 Å². The van der Waals surface area contributed by atoms with E-state index in [-0.39, 0.29) is 34.1 Å². The Morgan fingerprint density at radius 1 is 0.769 bits per heavy atom. The Labute approximate surface area is 150 Å². The van der Waals surface area contributed by atoms with E-state index in [9.17, 15) is 19.8 Å². The molecule has 2 N–H and O–H groups in total. The molecule has 0 aliphatic carbocycles. The van der Waals surface area contributed by atoms with Crippen molar-refractivity contribution < 1.29 is 29.3 Å². The second-order valence-electron chi connectivity index (χ2n) is 5.30. The first-order chi connectivity index (χ1) is 12.5. The molecular weight excluding hydrogens is 336 g/mol. The van der Waals surface area contributed by atoms with Crippen LogP contribution in [0, 0.1) is 0 Å². The highest BCUT2D eigenvalue weighted by atomic mass is 16.5. The smallest absolute Gasteiger partial charge is 0.161 e. The third-order valence-electron chi connectivity index (χ3n) is 3.64. The second kappa shape index (κ2) is 8.53. The van der Waals surface area contributed by atoms with Crippen LogP contribution < -0.4 is 9.47 Å². The summed E-state index contributed by atoms with van der Waals surface area (Å²) >= 11 is 0. The van der Waals surface area contributed by atoms with E-state index in [2.05, 4.69) is 0 Å². The molecule has 0 amide bonds. The van der Waals surface area contributed by atoms with Crippen LogP contribution in [0.5, 0.6) is 23.0 Å². The molecule has 0 atom stereocenters. The molecule has 0 unspecified atom stereocenters. The lowest BCUT2D eigenvalue weighted by atomic mass is 10.0. The van der Waals surface area contributed by atoms with Crippen molar-refractivity contribution in [2.75, 3.05) is 14.2 Å². The number of phenols is 2. The molecule has 2 aromatic carbocycles. The number of benzene rings is 2. The maximum atomic E-state index is 11.5. The Bertz CT molecular complexity index is 806. The van der Waals surface area contributed by atoms with Crippen LogP contribution in [0.2, 0.25) is 0 Å². The van der Waals surface area contributed by atoms with Crippen molar-refractivity contribution in [3.63, 3.8) is 0 Å². The summed E-state index contributed by atoms with van der Waals surface area (Å²) in [6.45, 7) is 0. The maximum Gasteiger partial charge on any atom is 0.161 e. The molecule has 0 aromatic heterocycles. The molecule has 2 rings (SSSR count). The van der Waals surface area contributed by atoms with Crippen LogP contribution in [0.15, 0.2) is 47.5 Å². The van der Waals surface area contributed by atoms with E-state index >= 15 is 0 Å². The molecule has 0 heterocycles. The molecular formula is C20H18O6. The first-order valence-corrected chi connectivity index (χ1v) is 7.60. The first-order valence-electron chi connectivity index (χ1n) is 7.60. The van der Waals surface area contributed by atoms with Crippen LogP contribution in [-0.2, 0) is 9.59 Å². The van der Waals surface area contributed by atoms with Crippen molar-refractivity contribution in [3.8, 4) is 23.0 Å². The summed E-state index contributed by atoms with van der Waals surface area (Å²) in [5.41, 5.74) is 1.47. The topological polar surface area (TPSA) is 93.1 Å². The number of carbonyl (C=O) groups excluding carboxylic acids is 2. The van der Waals surface area contributed by atoms with Gasteiger partial charge in [0.25, 0.3) is 0 Å².